The van der Waals surface area contributed by atoms with Crippen LogP contribution in [0.15, 0.2) is 18.5 Å². The summed E-state index contributed by atoms with van der Waals surface area (Å²) in [5.41, 5.74) is 0.667. The number of rotatable bonds is 3. The van der Waals surface area contributed by atoms with Crippen LogP contribution in [0.5, 0.6) is 0 Å². The monoisotopic (exact) mass is 263 g/mol. The second-order valence-electron chi connectivity index (χ2n) is 4.63. The molecule has 19 heavy (non-hydrogen) atoms. The number of carboxylic acids is 1. The Hall–Kier alpha value is -1.95. The highest BCUT2D eigenvalue weighted by Gasteiger charge is 2.25. The molecule has 1 N–H and O–H groups in total. The predicted molar refractivity (Wildman–Crippen MR) is 70.9 cm³/mol. The predicted octanol–water partition coefficient (Wildman–Crippen LogP) is 1.19. The highest BCUT2D eigenvalue weighted by Crippen LogP contribution is 2.17. The molecule has 1 saturated heterocycles. The van der Waals surface area contributed by atoms with Gasteiger partial charge in [0.1, 0.15) is 0 Å². The molecule has 2 unspecified atom stereocenters. The number of hydrogen-bond donors (Lipinski definition) is 1. The smallest absolute Gasteiger partial charge is 0.328 e. The van der Waals surface area contributed by atoms with Crippen molar-refractivity contribution in [2.24, 2.45) is 0 Å². The molecule has 0 saturated carbocycles. The van der Waals surface area contributed by atoms with E-state index in [-0.39, 0.29) is 12.1 Å². The van der Waals surface area contributed by atoms with Crippen LogP contribution in [-0.4, -0.2) is 46.3 Å². The molecule has 1 aliphatic rings. The molecule has 1 aromatic rings. The van der Waals surface area contributed by atoms with Gasteiger partial charge in [-0.2, -0.15) is 0 Å². The number of carboxylic acid groups (broad SMARTS) is 1. The van der Waals surface area contributed by atoms with E-state index in [2.05, 4.69) is 21.8 Å². The first-order valence-corrected chi connectivity index (χ1v) is 6.17. The summed E-state index contributed by atoms with van der Waals surface area (Å²) in [6.45, 7) is 5.49. The van der Waals surface area contributed by atoms with Crippen molar-refractivity contribution in [3.63, 3.8) is 0 Å². The minimum atomic E-state index is -0.986. The zero-order valence-corrected chi connectivity index (χ0v) is 11.0. The fourth-order valence-electron chi connectivity index (χ4n) is 1.92. The second-order valence-corrected chi connectivity index (χ2v) is 4.63. The Morgan fingerprint density at radius 1 is 1.47 bits per heavy atom. The zero-order chi connectivity index (χ0) is 13.8. The lowest BCUT2D eigenvalue weighted by molar-refractivity contribution is -0.131. The molecular weight excluding hydrogens is 246 g/mol. The number of aromatic nitrogens is 2. The first-order chi connectivity index (χ1) is 9.06. The van der Waals surface area contributed by atoms with E-state index in [0.29, 0.717) is 18.1 Å². The SMILES string of the molecule is CC1CN(c2ncc(/C=C/C(=O)O)cn2)C(C)CO1. The number of carbonyl (C=O) groups is 1. The van der Waals surface area contributed by atoms with Gasteiger partial charge in [0.2, 0.25) is 5.95 Å². The van der Waals surface area contributed by atoms with Gasteiger partial charge in [-0.1, -0.05) is 0 Å². The molecule has 2 heterocycles. The lowest BCUT2D eigenvalue weighted by Crippen LogP contribution is -2.48. The minimum Gasteiger partial charge on any atom is -0.478 e. The van der Waals surface area contributed by atoms with Crippen LogP contribution in [-0.2, 0) is 9.53 Å². The maximum atomic E-state index is 10.4. The quantitative estimate of drug-likeness (QED) is 0.825. The van der Waals surface area contributed by atoms with Crippen molar-refractivity contribution in [2.75, 3.05) is 18.1 Å². The van der Waals surface area contributed by atoms with Crippen LogP contribution in [0.4, 0.5) is 5.95 Å². The van der Waals surface area contributed by atoms with Gasteiger partial charge in [0, 0.05) is 30.6 Å². The van der Waals surface area contributed by atoms with Crippen molar-refractivity contribution in [1.82, 2.24) is 9.97 Å². The number of anilines is 1. The van der Waals surface area contributed by atoms with Crippen LogP contribution in [0.1, 0.15) is 19.4 Å². The van der Waals surface area contributed by atoms with E-state index in [0.717, 1.165) is 12.6 Å². The third-order valence-corrected chi connectivity index (χ3v) is 2.94. The van der Waals surface area contributed by atoms with Gasteiger partial charge in [-0.25, -0.2) is 14.8 Å². The molecule has 0 bridgehead atoms. The Bertz CT molecular complexity index is 473. The van der Waals surface area contributed by atoms with Gasteiger partial charge >= 0.3 is 5.97 Å². The highest BCUT2D eigenvalue weighted by atomic mass is 16.5. The Morgan fingerprint density at radius 2 is 2.16 bits per heavy atom. The molecule has 2 atom stereocenters. The standard InChI is InChI=1S/C13H17N3O3/c1-9-8-19-10(2)7-16(9)13-14-5-11(6-15-13)3-4-12(17)18/h3-6,9-10H,7-8H2,1-2H3,(H,17,18)/b4-3+. The van der Waals surface area contributed by atoms with Crippen LogP contribution >= 0.6 is 0 Å². The summed E-state index contributed by atoms with van der Waals surface area (Å²) in [4.78, 5) is 21.1. The molecule has 0 amide bonds. The van der Waals surface area contributed by atoms with Crippen LogP contribution in [0.25, 0.3) is 6.08 Å². The van der Waals surface area contributed by atoms with Crippen LogP contribution in [0.2, 0.25) is 0 Å². The number of morpholine rings is 1. The third kappa shape index (κ3) is 3.51. The van der Waals surface area contributed by atoms with Crippen molar-refractivity contribution in [2.45, 2.75) is 26.0 Å². The molecule has 1 aromatic heterocycles. The lowest BCUT2D eigenvalue weighted by atomic mass is 10.2. The van der Waals surface area contributed by atoms with Gasteiger partial charge in [-0.3, -0.25) is 0 Å². The molecule has 102 valence electrons. The fraction of sp³-hybridized carbons (Fsp3) is 0.462. The molecule has 0 spiro atoms. The summed E-state index contributed by atoms with van der Waals surface area (Å²) in [5.74, 6) is -0.338. The summed E-state index contributed by atoms with van der Waals surface area (Å²) >= 11 is 0. The molecule has 0 aromatic carbocycles. The molecular formula is C13H17N3O3. The third-order valence-electron chi connectivity index (χ3n) is 2.94. The number of ether oxygens (including phenoxy) is 1. The van der Waals surface area contributed by atoms with E-state index >= 15 is 0 Å². The van der Waals surface area contributed by atoms with Crippen LogP contribution < -0.4 is 4.90 Å². The largest absolute Gasteiger partial charge is 0.478 e. The molecule has 0 radical (unpaired) electrons. The van der Waals surface area contributed by atoms with Gasteiger partial charge < -0.3 is 14.7 Å². The average Bonchev–Trinajstić information content (AvgIpc) is 2.40. The molecule has 1 aliphatic heterocycles. The van der Waals surface area contributed by atoms with E-state index in [1.165, 1.54) is 6.08 Å². The zero-order valence-electron chi connectivity index (χ0n) is 11.0. The van der Waals surface area contributed by atoms with Gasteiger partial charge in [0.15, 0.2) is 0 Å². The van der Waals surface area contributed by atoms with E-state index in [1.807, 2.05) is 6.92 Å². The summed E-state index contributed by atoms with van der Waals surface area (Å²) in [6, 6.07) is 0.233. The van der Waals surface area contributed by atoms with Crippen molar-refractivity contribution >= 4 is 18.0 Å². The molecule has 0 aliphatic carbocycles. The normalized spacial score (nSPS) is 23.8. The van der Waals surface area contributed by atoms with Crippen molar-refractivity contribution < 1.29 is 14.6 Å². The molecule has 6 nitrogen and oxygen atoms in total. The fourth-order valence-corrected chi connectivity index (χ4v) is 1.92. The Morgan fingerprint density at radius 3 is 2.79 bits per heavy atom. The number of nitrogens with zero attached hydrogens (tertiary/aromatic N) is 3. The Kier molecular flexibility index (Phi) is 4.11. The molecule has 1 fully saturated rings. The summed E-state index contributed by atoms with van der Waals surface area (Å²) < 4.78 is 5.56. The van der Waals surface area contributed by atoms with Gasteiger partial charge in [0.25, 0.3) is 0 Å². The van der Waals surface area contributed by atoms with Gasteiger partial charge in [0.05, 0.1) is 18.8 Å². The minimum absolute atomic E-state index is 0.159. The van der Waals surface area contributed by atoms with Crippen molar-refractivity contribution in [1.29, 1.82) is 0 Å². The maximum Gasteiger partial charge on any atom is 0.328 e. The first kappa shape index (κ1) is 13.5. The summed E-state index contributed by atoms with van der Waals surface area (Å²) in [5, 5.41) is 8.55. The summed E-state index contributed by atoms with van der Waals surface area (Å²) in [7, 11) is 0. The topological polar surface area (TPSA) is 75.6 Å². The molecule has 2 rings (SSSR count). The number of aliphatic carboxylic acids is 1. The maximum absolute atomic E-state index is 10.4. The second kappa shape index (κ2) is 5.79. The van der Waals surface area contributed by atoms with Crippen molar-refractivity contribution in [3.05, 3.63) is 24.0 Å². The van der Waals surface area contributed by atoms with E-state index in [4.69, 9.17) is 9.84 Å². The van der Waals surface area contributed by atoms with E-state index in [9.17, 15) is 4.79 Å². The highest BCUT2D eigenvalue weighted by molar-refractivity contribution is 5.85. The Labute approximate surface area is 111 Å². The van der Waals surface area contributed by atoms with Crippen LogP contribution in [0.3, 0.4) is 0 Å². The average molecular weight is 263 g/mol. The lowest BCUT2D eigenvalue weighted by Gasteiger charge is -2.36. The van der Waals surface area contributed by atoms with Gasteiger partial charge in [-0.05, 0) is 19.9 Å². The van der Waals surface area contributed by atoms with Crippen molar-refractivity contribution in [3.8, 4) is 0 Å². The first-order valence-electron chi connectivity index (χ1n) is 6.17. The van der Waals surface area contributed by atoms with Crippen LogP contribution in [0, 0.1) is 0 Å². The summed E-state index contributed by atoms with van der Waals surface area (Å²) in [6.07, 6.45) is 5.94. The van der Waals surface area contributed by atoms with Gasteiger partial charge in [-0.15, -0.1) is 0 Å². The van der Waals surface area contributed by atoms with E-state index in [1.54, 1.807) is 12.4 Å². The number of hydrogen-bond acceptors (Lipinski definition) is 5. The Balaban J connectivity index is 2.11. The van der Waals surface area contributed by atoms with E-state index < -0.39 is 5.97 Å². The molecule has 6 heteroatoms.